The largest absolute Gasteiger partial charge is 0.479 e. The Kier molecular flexibility index (Phi) is 4.24. The molecule has 4 N–H and O–H groups in total. The number of carbonyl (C=O) groups excluding carboxylic acids is 2. The van der Waals surface area contributed by atoms with Gasteiger partial charge in [-0.1, -0.05) is 13.3 Å². The van der Waals surface area contributed by atoms with E-state index in [1.807, 2.05) is 6.92 Å². The molecular weight excluding hydrogens is 258 g/mol. The lowest BCUT2D eigenvalue weighted by Gasteiger charge is -2.23. The van der Waals surface area contributed by atoms with Crippen molar-refractivity contribution in [1.29, 1.82) is 0 Å². The van der Waals surface area contributed by atoms with Crippen molar-refractivity contribution in [3.05, 3.63) is 18.2 Å². The van der Waals surface area contributed by atoms with E-state index in [0.29, 0.717) is 23.5 Å². The van der Waals surface area contributed by atoms with Gasteiger partial charge in [-0.25, -0.2) is 0 Å². The first kappa shape index (κ1) is 14.3. The van der Waals surface area contributed by atoms with Crippen LogP contribution in [-0.2, 0) is 9.59 Å². The first-order chi connectivity index (χ1) is 9.51. The Hall–Kier alpha value is -2.08. The molecule has 6 heteroatoms. The van der Waals surface area contributed by atoms with Gasteiger partial charge in [-0.05, 0) is 31.5 Å². The van der Waals surface area contributed by atoms with Gasteiger partial charge < -0.3 is 21.1 Å². The van der Waals surface area contributed by atoms with E-state index in [-0.39, 0.29) is 11.8 Å². The number of carbonyl (C=O) groups is 2. The zero-order valence-electron chi connectivity index (χ0n) is 11.6. The second-order valence-electron chi connectivity index (χ2n) is 4.84. The van der Waals surface area contributed by atoms with E-state index in [1.165, 1.54) is 0 Å². The van der Waals surface area contributed by atoms with E-state index in [9.17, 15) is 9.59 Å². The van der Waals surface area contributed by atoms with Crippen LogP contribution in [0.4, 0.5) is 11.4 Å². The van der Waals surface area contributed by atoms with E-state index in [1.54, 1.807) is 25.1 Å². The third-order valence-electron chi connectivity index (χ3n) is 3.11. The van der Waals surface area contributed by atoms with Gasteiger partial charge in [0.05, 0.1) is 11.7 Å². The number of hydrogen-bond acceptors (Lipinski definition) is 4. The molecule has 2 rings (SSSR count). The van der Waals surface area contributed by atoms with Crippen molar-refractivity contribution >= 4 is 23.2 Å². The molecule has 1 unspecified atom stereocenters. The Morgan fingerprint density at radius 3 is 3.00 bits per heavy atom. The van der Waals surface area contributed by atoms with Crippen LogP contribution in [0.15, 0.2) is 18.2 Å². The van der Waals surface area contributed by atoms with Crippen LogP contribution in [0.3, 0.4) is 0 Å². The summed E-state index contributed by atoms with van der Waals surface area (Å²) in [5.74, 6) is 0.153. The lowest BCUT2D eigenvalue weighted by molar-refractivity contribution is -0.122. The number of benzene rings is 1. The number of hydrogen-bond donors (Lipinski definition) is 3. The molecule has 1 aromatic carbocycles. The van der Waals surface area contributed by atoms with E-state index in [0.717, 1.165) is 6.42 Å². The monoisotopic (exact) mass is 277 g/mol. The second-order valence-corrected chi connectivity index (χ2v) is 4.84. The van der Waals surface area contributed by atoms with Gasteiger partial charge in [0, 0.05) is 5.69 Å². The van der Waals surface area contributed by atoms with Gasteiger partial charge in [0.15, 0.2) is 6.10 Å². The molecule has 0 saturated heterocycles. The summed E-state index contributed by atoms with van der Waals surface area (Å²) in [4.78, 5) is 23.4. The van der Waals surface area contributed by atoms with Crippen molar-refractivity contribution in [2.24, 2.45) is 5.73 Å². The number of amides is 2. The molecule has 0 fully saturated rings. The Balaban J connectivity index is 2.10. The maximum atomic E-state index is 11.8. The van der Waals surface area contributed by atoms with Crippen molar-refractivity contribution in [3.63, 3.8) is 0 Å². The number of ether oxygens (including phenoxy) is 1. The van der Waals surface area contributed by atoms with Crippen molar-refractivity contribution in [3.8, 4) is 5.75 Å². The number of anilines is 2. The summed E-state index contributed by atoms with van der Waals surface area (Å²) >= 11 is 0. The van der Waals surface area contributed by atoms with Crippen LogP contribution in [0, 0.1) is 0 Å². The van der Waals surface area contributed by atoms with Gasteiger partial charge >= 0.3 is 0 Å². The van der Waals surface area contributed by atoms with Crippen LogP contribution in [-0.4, -0.2) is 24.0 Å². The molecule has 0 spiro atoms. The number of fused-ring (bicyclic) bond motifs is 1. The fraction of sp³-hybridized carbons (Fsp3) is 0.429. The molecule has 1 heterocycles. The summed E-state index contributed by atoms with van der Waals surface area (Å²) in [7, 11) is 0. The molecule has 1 aliphatic heterocycles. The SMILES string of the molecule is CCC[C@@H](N)C(=O)Nc1ccc2c(c1)NC(=O)C(C)O2. The summed E-state index contributed by atoms with van der Waals surface area (Å²) < 4.78 is 5.44. The first-order valence-electron chi connectivity index (χ1n) is 6.69. The molecule has 20 heavy (non-hydrogen) atoms. The molecule has 0 saturated carbocycles. The maximum Gasteiger partial charge on any atom is 0.265 e. The Bertz CT molecular complexity index is 530. The number of nitrogens with two attached hydrogens (primary N) is 1. The first-order valence-corrected chi connectivity index (χ1v) is 6.69. The molecule has 0 radical (unpaired) electrons. The quantitative estimate of drug-likeness (QED) is 0.777. The summed E-state index contributed by atoms with van der Waals surface area (Å²) in [6.45, 7) is 3.65. The van der Waals surface area contributed by atoms with E-state index in [4.69, 9.17) is 10.5 Å². The van der Waals surface area contributed by atoms with Crippen LogP contribution in [0.2, 0.25) is 0 Å². The highest BCUT2D eigenvalue weighted by Gasteiger charge is 2.23. The predicted octanol–water partition coefficient (Wildman–Crippen LogP) is 1.47. The van der Waals surface area contributed by atoms with Crippen molar-refractivity contribution in [2.45, 2.75) is 38.8 Å². The highest BCUT2D eigenvalue weighted by molar-refractivity contribution is 5.99. The summed E-state index contributed by atoms with van der Waals surface area (Å²) in [6, 6.07) is 4.57. The number of nitrogens with one attached hydrogen (secondary N) is 2. The minimum atomic E-state index is -0.526. The number of rotatable bonds is 4. The predicted molar refractivity (Wildman–Crippen MR) is 76.7 cm³/mol. The zero-order chi connectivity index (χ0) is 14.7. The van der Waals surface area contributed by atoms with Crippen molar-refractivity contribution < 1.29 is 14.3 Å². The molecule has 1 aliphatic rings. The third kappa shape index (κ3) is 3.08. The fourth-order valence-corrected chi connectivity index (χ4v) is 1.96. The minimum absolute atomic E-state index is 0.205. The van der Waals surface area contributed by atoms with Gasteiger partial charge in [0.25, 0.3) is 5.91 Å². The molecule has 108 valence electrons. The molecular formula is C14H19N3O3. The van der Waals surface area contributed by atoms with E-state index >= 15 is 0 Å². The summed E-state index contributed by atoms with van der Waals surface area (Å²) in [6.07, 6.45) is 0.968. The lowest BCUT2D eigenvalue weighted by Crippen LogP contribution is -2.36. The maximum absolute atomic E-state index is 11.8. The summed E-state index contributed by atoms with van der Waals surface area (Å²) in [5, 5.41) is 5.46. The highest BCUT2D eigenvalue weighted by atomic mass is 16.5. The summed E-state index contributed by atoms with van der Waals surface area (Å²) in [5.41, 5.74) is 6.88. The van der Waals surface area contributed by atoms with Gasteiger partial charge in [0.1, 0.15) is 5.75 Å². The lowest BCUT2D eigenvalue weighted by atomic mass is 10.1. The van der Waals surface area contributed by atoms with Crippen LogP contribution >= 0.6 is 0 Å². The standard InChI is InChI=1S/C14H19N3O3/c1-3-4-10(15)14(19)16-9-5-6-12-11(7-9)17-13(18)8(2)20-12/h5-8,10H,3-4,15H2,1-2H3,(H,16,19)(H,17,18)/t8?,10-/m1/s1. The third-order valence-corrected chi connectivity index (χ3v) is 3.11. The van der Waals surface area contributed by atoms with Crippen LogP contribution in [0.25, 0.3) is 0 Å². The molecule has 2 amide bonds. The minimum Gasteiger partial charge on any atom is -0.479 e. The zero-order valence-corrected chi connectivity index (χ0v) is 11.6. The van der Waals surface area contributed by atoms with Crippen molar-refractivity contribution in [1.82, 2.24) is 0 Å². The Morgan fingerprint density at radius 2 is 2.30 bits per heavy atom. The average molecular weight is 277 g/mol. The molecule has 6 nitrogen and oxygen atoms in total. The molecule has 0 aliphatic carbocycles. The average Bonchev–Trinajstić information content (AvgIpc) is 2.40. The van der Waals surface area contributed by atoms with Gasteiger partial charge in [-0.3, -0.25) is 9.59 Å². The molecule has 0 aromatic heterocycles. The van der Waals surface area contributed by atoms with Gasteiger partial charge in [-0.15, -0.1) is 0 Å². The Labute approximate surface area is 117 Å². The van der Waals surface area contributed by atoms with Gasteiger partial charge in [-0.2, -0.15) is 0 Å². The topological polar surface area (TPSA) is 93.5 Å². The molecule has 1 aromatic rings. The molecule has 2 atom stereocenters. The normalized spacial score (nSPS) is 18.6. The Morgan fingerprint density at radius 1 is 1.55 bits per heavy atom. The van der Waals surface area contributed by atoms with Gasteiger partial charge in [0.2, 0.25) is 5.91 Å². The van der Waals surface area contributed by atoms with Crippen molar-refractivity contribution in [2.75, 3.05) is 10.6 Å². The smallest absolute Gasteiger partial charge is 0.265 e. The molecule has 0 bridgehead atoms. The highest BCUT2D eigenvalue weighted by Crippen LogP contribution is 2.32. The van der Waals surface area contributed by atoms with Crippen LogP contribution < -0.4 is 21.1 Å². The second kappa shape index (κ2) is 5.92. The van der Waals surface area contributed by atoms with Crippen LogP contribution in [0.1, 0.15) is 26.7 Å². The van der Waals surface area contributed by atoms with E-state index < -0.39 is 12.1 Å². The van der Waals surface area contributed by atoms with Crippen LogP contribution in [0.5, 0.6) is 5.75 Å². The fourth-order valence-electron chi connectivity index (χ4n) is 1.96. The van der Waals surface area contributed by atoms with E-state index in [2.05, 4.69) is 10.6 Å².